The third-order valence-electron chi connectivity index (χ3n) is 5.30. The quantitative estimate of drug-likeness (QED) is 0.809. The Morgan fingerprint density at radius 2 is 1.96 bits per heavy atom. The molecule has 140 valence electrons. The van der Waals surface area contributed by atoms with Gasteiger partial charge in [0.05, 0.1) is 4.91 Å². The second-order valence-electron chi connectivity index (χ2n) is 6.87. The average Bonchev–Trinajstić information content (AvgIpc) is 2.76. The van der Waals surface area contributed by atoms with Gasteiger partial charge in [-0.25, -0.2) is 8.42 Å². The van der Waals surface area contributed by atoms with Crippen LogP contribution in [0.15, 0.2) is 76.4 Å². The molecule has 0 fully saturated rings. The predicted octanol–water partition coefficient (Wildman–Crippen LogP) is 3.79. The van der Waals surface area contributed by atoms with Crippen LogP contribution in [0.4, 0.5) is 0 Å². The Labute approximate surface area is 159 Å². The lowest BCUT2D eigenvalue weighted by atomic mass is 9.84. The highest BCUT2D eigenvalue weighted by Gasteiger charge is 2.39. The number of allylic oxidation sites excluding steroid dienone is 6. The van der Waals surface area contributed by atoms with Crippen molar-refractivity contribution in [3.05, 3.63) is 76.4 Å². The Bertz CT molecular complexity index is 988. The highest BCUT2D eigenvalue weighted by molar-refractivity contribution is 7.93. The maximum absolute atomic E-state index is 13.3. The molecule has 27 heavy (non-hydrogen) atoms. The standard InChI is InChI=1S/C21H22N2O3S/c1-23-20-10-6-5-9-17(20)19(14-22)18-12-11-16(13-21(18)27(23,24)25)26-15-7-3-2-4-8-15/h2-5,7-9,11-12,14,16,19,22H,6,10,13H2,1H3. The van der Waals surface area contributed by atoms with E-state index in [1.165, 1.54) is 10.5 Å². The van der Waals surface area contributed by atoms with Gasteiger partial charge in [-0.05, 0) is 42.2 Å². The third-order valence-corrected chi connectivity index (χ3v) is 7.26. The first-order valence-electron chi connectivity index (χ1n) is 9.04. The summed E-state index contributed by atoms with van der Waals surface area (Å²) >= 11 is 0. The molecule has 0 radical (unpaired) electrons. The summed E-state index contributed by atoms with van der Waals surface area (Å²) in [7, 11) is -2.03. The van der Waals surface area contributed by atoms with E-state index in [0.29, 0.717) is 22.6 Å². The van der Waals surface area contributed by atoms with Crippen LogP contribution in [0.5, 0.6) is 5.75 Å². The number of sulfonamides is 1. The molecule has 1 aromatic carbocycles. The fraction of sp³-hybridized carbons (Fsp3) is 0.286. The summed E-state index contributed by atoms with van der Waals surface area (Å²) in [6, 6.07) is 9.40. The first-order valence-corrected chi connectivity index (χ1v) is 10.5. The zero-order chi connectivity index (χ0) is 19.0. The van der Waals surface area contributed by atoms with Gasteiger partial charge < -0.3 is 10.1 Å². The molecule has 0 aromatic heterocycles. The van der Waals surface area contributed by atoms with Crippen molar-refractivity contribution < 1.29 is 13.2 Å². The summed E-state index contributed by atoms with van der Waals surface area (Å²) in [5.41, 5.74) is 2.37. The molecule has 0 spiro atoms. The topological polar surface area (TPSA) is 70.5 Å². The molecule has 2 unspecified atom stereocenters. The van der Waals surface area contributed by atoms with Gasteiger partial charge in [-0.3, -0.25) is 4.31 Å². The van der Waals surface area contributed by atoms with Crippen LogP contribution in [0.2, 0.25) is 0 Å². The highest BCUT2D eigenvalue weighted by Crippen LogP contribution is 2.42. The van der Waals surface area contributed by atoms with E-state index >= 15 is 0 Å². The third kappa shape index (κ3) is 3.04. The van der Waals surface area contributed by atoms with Gasteiger partial charge in [-0.15, -0.1) is 0 Å². The maximum Gasteiger partial charge on any atom is 0.260 e. The zero-order valence-corrected chi connectivity index (χ0v) is 15.9. The molecule has 1 heterocycles. The maximum atomic E-state index is 13.3. The molecular formula is C21H22N2O3S. The predicted molar refractivity (Wildman–Crippen MR) is 106 cm³/mol. The number of benzene rings is 1. The smallest absolute Gasteiger partial charge is 0.260 e. The van der Waals surface area contributed by atoms with E-state index in [-0.39, 0.29) is 18.4 Å². The summed E-state index contributed by atoms with van der Waals surface area (Å²) < 4.78 is 34.0. The minimum absolute atomic E-state index is 0.266. The van der Waals surface area contributed by atoms with Crippen molar-refractivity contribution in [2.45, 2.75) is 25.4 Å². The number of hydrogen-bond acceptors (Lipinski definition) is 4. The van der Waals surface area contributed by atoms with Crippen LogP contribution in [0.25, 0.3) is 0 Å². The molecular weight excluding hydrogens is 360 g/mol. The monoisotopic (exact) mass is 382 g/mol. The number of nitrogens with zero attached hydrogens (tertiary/aromatic N) is 1. The highest BCUT2D eigenvalue weighted by atomic mass is 32.2. The van der Waals surface area contributed by atoms with Crippen LogP contribution in [0.3, 0.4) is 0 Å². The van der Waals surface area contributed by atoms with Crippen molar-refractivity contribution in [3.63, 3.8) is 0 Å². The molecule has 1 aromatic rings. The average molecular weight is 382 g/mol. The van der Waals surface area contributed by atoms with Gasteiger partial charge in [-0.1, -0.05) is 36.4 Å². The minimum Gasteiger partial charge on any atom is -0.486 e. The van der Waals surface area contributed by atoms with Crippen molar-refractivity contribution >= 4 is 16.2 Å². The molecule has 6 heteroatoms. The van der Waals surface area contributed by atoms with Crippen LogP contribution >= 0.6 is 0 Å². The van der Waals surface area contributed by atoms with Crippen molar-refractivity contribution in [2.24, 2.45) is 5.92 Å². The van der Waals surface area contributed by atoms with Gasteiger partial charge in [0.15, 0.2) is 0 Å². The second kappa shape index (κ2) is 6.85. The van der Waals surface area contributed by atoms with Crippen LogP contribution in [0, 0.1) is 11.3 Å². The molecule has 3 aliphatic rings. The number of rotatable bonds is 3. The molecule has 0 amide bonds. The molecule has 1 aliphatic heterocycles. The van der Waals surface area contributed by atoms with E-state index in [1.54, 1.807) is 7.05 Å². The summed E-state index contributed by atoms with van der Waals surface area (Å²) in [5.74, 6) is 0.361. The number of ether oxygens (including phenoxy) is 1. The number of nitrogens with one attached hydrogen (secondary N) is 1. The molecule has 4 rings (SSSR count). The minimum atomic E-state index is -3.65. The lowest BCUT2D eigenvalue weighted by Gasteiger charge is -2.27. The Morgan fingerprint density at radius 3 is 2.70 bits per heavy atom. The molecule has 0 bridgehead atoms. The molecule has 5 nitrogen and oxygen atoms in total. The number of hydrogen-bond donors (Lipinski definition) is 1. The molecule has 1 N–H and O–H groups in total. The lowest BCUT2D eigenvalue weighted by molar-refractivity contribution is 0.249. The molecule has 0 saturated carbocycles. The summed E-state index contributed by atoms with van der Waals surface area (Å²) in [4.78, 5) is 0.352. The fourth-order valence-electron chi connectivity index (χ4n) is 3.91. The van der Waals surface area contributed by atoms with Gasteiger partial charge in [-0.2, -0.15) is 0 Å². The zero-order valence-electron chi connectivity index (χ0n) is 15.1. The van der Waals surface area contributed by atoms with Crippen molar-refractivity contribution in [1.82, 2.24) is 4.31 Å². The fourth-order valence-corrected chi connectivity index (χ4v) is 5.59. The van der Waals surface area contributed by atoms with E-state index in [4.69, 9.17) is 10.1 Å². The van der Waals surface area contributed by atoms with Gasteiger partial charge in [0.2, 0.25) is 0 Å². The van der Waals surface area contributed by atoms with Gasteiger partial charge in [0.25, 0.3) is 10.0 Å². The first kappa shape index (κ1) is 17.8. The van der Waals surface area contributed by atoms with Crippen LogP contribution < -0.4 is 4.74 Å². The Morgan fingerprint density at radius 1 is 1.19 bits per heavy atom. The van der Waals surface area contributed by atoms with E-state index in [1.807, 2.05) is 48.6 Å². The van der Waals surface area contributed by atoms with Gasteiger partial charge in [0, 0.05) is 31.3 Å². The van der Waals surface area contributed by atoms with Crippen molar-refractivity contribution in [1.29, 1.82) is 5.41 Å². The molecule has 2 aliphatic carbocycles. The van der Waals surface area contributed by atoms with Crippen molar-refractivity contribution in [2.75, 3.05) is 7.05 Å². The second-order valence-corrected chi connectivity index (χ2v) is 8.86. The Hall–Kier alpha value is -2.60. The summed E-state index contributed by atoms with van der Waals surface area (Å²) in [6.45, 7) is 0. The molecule has 2 atom stereocenters. The normalized spacial score (nSPS) is 26.3. The van der Waals surface area contributed by atoms with Crippen molar-refractivity contribution in [3.8, 4) is 5.75 Å². The number of para-hydroxylation sites is 1. The van der Waals surface area contributed by atoms with E-state index in [2.05, 4.69) is 6.08 Å². The Balaban J connectivity index is 1.75. The largest absolute Gasteiger partial charge is 0.486 e. The Kier molecular flexibility index (Phi) is 4.52. The van der Waals surface area contributed by atoms with E-state index < -0.39 is 10.0 Å². The summed E-state index contributed by atoms with van der Waals surface area (Å²) in [5, 5.41) is 7.96. The van der Waals surface area contributed by atoms with Crippen LogP contribution in [0.1, 0.15) is 19.3 Å². The van der Waals surface area contributed by atoms with E-state index in [9.17, 15) is 8.42 Å². The SMILES string of the molecule is CN1C2=C(C=CCC2)C(C=N)C2=C(CC(Oc3ccccc3)C=C2)S1(=O)=O. The van der Waals surface area contributed by atoms with Gasteiger partial charge in [0.1, 0.15) is 11.9 Å². The van der Waals surface area contributed by atoms with Gasteiger partial charge >= 0.3 is 0 Å². The van der Waals surface area contributed by atoms with Crippen LogP contribution in [-0.4, -0.2) is 32.1 Å². The molecule has 0 saturated heterocycles. The first-order chi connectivity index (χ1) is 13.0. The summed E-state index contributed by atoms with van der Waals surface area (Å²) in [6.07, 6.45) is 10.5. The van der Waals surface area contributed by atoms with Crippen LogP contribution in [-0.2, 0) is 10.0 Å². The van der Waals surface area contributed by atoms with E-state index in [0.717, 1.165) is 17.7 Å². The lowest BCUT2D eigenvalue weighted by Crippen LogP contribution is -2.30.